The quantitative estimate of drug-likeness (QED) is 0.234. The van der Waals surface area contributed by atoms with E-state index in [1.165, 1.54) is 100 Å². The summed E-state index contributed by atoms with van der Waals surface area (Å²) >= 11 is 0. The van der Waals surface area contributed by atoms with Gasteiger partial charge in [-0.25, -0.2) is 0 Å². The van der Waals surface area contributed by atoms with Crippen molar-refractivity contribution >= 4 is 0 Å². The van der Waals surface area contributed by atoms with Crippen LogP contribution < -0.4 is 0 Å². The summed E-state index contributed by atoms with van der Waals surface area (Å²) in [5, 5.41) is 0. The average Bonchev–Trinajstić information content (AvgIpc) is 3.98. The zero-order chi connectivity index (χ0) is 30.8. The number of hydrogen-bond donors (Lipinski definition) is 0. The van der Waals surface area contributed by atoms with Gasteiger partial charge in [0.25, 0.3) is 0 Å². The third-order valence-corrected chi connectivity index (χ3v) is 14.5. The predicted molar refractivity (Wildman–Crippen MR) is 182 cm³/mol. The van der Waals surface area contributed by atoms with E-state index in [4.69, 9.17) is 14.2 Å². The van der Waals surface area contributed by atoms with Crippen LogP contribution in [-0.4, -0.2) is 0 Å². The largest absolute Gasteiger partial charge is 0.357 e. The van der Waals surface area contributed by atoms with Gasteiger partial charge in [0.15, 0.2) is 0 Å². The fourth-order valence-corrected chi connectivity index (χ4v) is 12.4. The summed E-state index contributed by atoms with van der Waals surface area (Å²) in [6, 6.07) is 15.6. The molecule has 0 fully saturated rings. The van der Waals surface area contributed by atoms with Crippen molar-refractivity contribution in [2.45, 2.75) is 93.4 Å². The molecule has 48 heavy (non-hydrogen) atoms. The lowest BCUT2D eigenvalue weighted by Gasteiger charge is -2.50. The normalized spacial score (nSPS) is 36.3. The van der Waals surface area contributed by atoms with Crippen molar-refractivity contribution in [3.05, 3.63) is 173 Å². The second-order valence-electron chi connectivity index (χ2n) is 16.2. The number of hydrogen-bond acceptors (Lipinski definition) is 3. The van der Waals surface area contributed by atoms with Crippen molar-refractivity contribution in [2.75, 3.05) is 0 Å². The van der Waals surface area contributed by atoms with Crippen molar-refractivity contribution < 1.29 is 14.2 Å². The van der Waals surface area contributed by atoms with Gasteiger partial charge in [0.05, 0.1) is 0 Å². The third kappa shape index (κ3) is 2.53. The second kappa shape index (κ2) is 7.89. The van der Waals surface area contributed by atoms with Gasteiger partial charge in [0.1, 0.15) is 36.6 Å². The Morgan fingerprint density at radius 2 is 0.625 bits per heavy atom. The van der Waals surface area contributed by atoms with Gasteiger partial charge in [0.2, 0.25) is 0 Å². The average molecular weight is 623 g/mol. The van der Waals surface area contributed by atoms with Crippen LogP contribution in [0.3, 0.4) is 0 Å². The monoisotopic (exact) mass is 622 g/mol. The number of allylic oxidation sites excluding steroid dienone is 6. The first-order valence-electron chi connectivity index (χ1n) is 18.3. The molecule has 0 saturated heterocycles. The van der Waals surface area contributed by atoms with E-state index in [1.54, 1.807) is 0 Å². The maximum atomic E-state index is 6.83. The minimum atomic E-state index is -0.267. The van der Waals surface area contributed by atoms with Crippen LogP contribution in [0.2, 0.25) is 0 Å². The molecular weight excluding hydrogens is 588 g/mol. The molecule has 12 aliphatic rings. The van der Waals surface area contributed by atoms with E-state index < -0.39 is 0 Å². The van der Waals surface area contributed by atoms with E-state index in [1.807, 2.05) is 0 Å². The maximum Gasteiger partial charge on any atom is 0.106 e. The topological polar surface area (TPSA) is 27.7 Å². The van der Waals surface area contributed by atoms with Crippen LogP contribution in [0.1, 0.15) is 155 Å². The first-order chi connectivity index (χ1) is 23.7. The summed E-state index contributed by atoms with van der Waals surface area (Å²) in [5.74, 6) is 0.198. The lowest BCUT2D eigenvalue weighted by Crippen LogP contribution is -2.41. The molecule has 0 aromatic heterocycles. The Kier molecular flexibility index (Phi) is 4.11. The Hall–Kier alpha value is -4.02. The minimum absolute atomic E-state index is 0.112. The van der Waals surface area contributed by atoms with E-state index in [0.717, 1.165) is 38.5 Å². The van der Waals surface area contributed by atoms with Gasteiger partial charge in [-0.2, -0.15) is 0 Å². The van der Waals surface area contributed by atoms with Crippen LogP contribution in [0.5, 0.6) is 0 Å². The predicted octanol–water partition coefficient (Wildman–Crippen LogP) is 10.2. The molecule has 3 heteroatoms. The highest BCUT2D eigenvalue weighted by Gasteiger charge is 2.56. The highest BCUT2D eigenvalue weighted by Crippen LogP contribution is 2.67. The SMILES string of the molecule is CC12c3cc4c(cc3C(c3cc5c(cc31)C1OC5C3=C1CC=CC3)c1cc3c(cc12)C1OC3C2=C1CC=CC2)C1OC4C2=C1CC=CC2. The fourth-order valence-electron chi connectivity index (χ4n) is 12.4. The summed E-state index contributed by atoms with van der Waals surface area (Å²) in [6.07, 6.45) is 20.9. The molecule has 8 bridgehead atoms. The lowest BCUT2D eigenvalue weighted by atomic mass is 9.52. The number of fused-ring (bicyclic) bond motifs is 21. The van der Waals surface area contributed by atoms with E-state index in [-0.39, 0.29) is 48.0 Å². The molecule has 3 aromatic carbocycles. The molecule has 0 amide bonds. The van der Waals surface area contributed by atoms with Crippen LogP contribution in [0, 0.1) is 0 Å². The molecule has 3 aromatic rings. The van der Waals surface area contributed by atoms with Crippen molar-refractivity contribution in [2.24, 2.45) is 0 Å². The number of ether oxygens (including phenoxy) is 3. The van der Waals surface area contributed by atoms with E-state index in [2.05, 4.69) is 79.8 Å². The fraction of sp³-hybridized carbons (Fsp3) is 0.333. The molecule has 6 aliphatic carbocycles. The van der Waals surface area contributed by atoms with Gasteiger partial charge >= 0.3 is 0 Å². The van der Waals surface area contributed by atoms with Crippen LogP contribution in [-0.2, 0) is 19.6 Å². The van der Waals surface area contributed by atoms with Crippen molar-refractivity contribution in [1.29, 1.82) is 0 Å². The Morgan fingerprint density at radius 1 is 0.375 bits per heavy atom. The molecule has 0 spiro atoms. The van der Waals surface area contributed by atoms with E-state index in [0.29, 0.717) is 0 Å². The molecule has 6 atom stereocenters. The standard InChI is InChI=1S/C45H34O3/c1-45-35-17-29-26(39-20-8-2-5-11-23(20)42(29)46-39)14-32(35)38(33-15-27-30(18-36(33)45)43-24-12-6-3-9-21(24)40(27)47-43)34-16-28-31(19-37(34)45)44-25-13-7-4-10-22(25)41(28)48-44/h2-7,14-19,38-44H,8-13H2,1H3. The first-order valence-corrected chi connectivity index (χ1v) is 18.3. The zero-order valence-electron chi connectivity index (χ0n) is 26.9. The zero-order valence-corrected chi connectivity index (χ0v) is 26.9. The molecule has 3 nitrogen and oxygen atoms in total. The minimum Gasteiger partial charge on any atom is -0.357 e. The van der Waals surface area contributed by atoms with E-state index in [9.17, 15) is 0 Å². The Balaban J connectivity index is 1.01. The summed E-state index contributed by atoms with van der Waals surface area (Å²) in [6.45, 7) is 2.54. The molecule has 15 rings (SSSR count). The smallest absolute Gasteiger partial charge is 0.106 e. The Labute approximate surface area is 280 Å². The molecule has 0 N–H and O–H groups in total. The third-order valence-electron chi connectivity index (χ3n) is 14.5. The highest BCUT2D eigenvalue weighted by molar-refractivity contribution is 5.76. The van der Waals surface area contributed by atoms with Crippen molar-refractivity contribution in [1.82, 2.24) is 0 Å². The van der Waals surface area contributed by atoms with Gasteiger partial charge in [-0.1, -0.05) is 72.9 Å². The molecular formula is C45H34O3. The summed E-state index contributed by atoms with van der Waals surface area (Å²) in [4.78, 5) is 0. The highest BCUT2D eigenvalue weighted by atomic mass is 16.5. The molecule has 0 radical (unpaired) electrons. The van der Waals surface area contributed by atoms with Crippen LogP contribution in [0.15, 0.2) is 106 Å². The molecule has 6 unspecified atom stereocenters. The van der Waals surface area contributed by atoms with Gasteiger partial charge in [-0.05, 0) is 146 Å². The van der Waals surface area contributed by atoms with Gasteiger partial charge < -0.3 is 14.2 Å². The molecule has 0 saturated carbocycles. The molecule has 6 aliphatic heterocycles. The van der Waals surface area contributed by atoms with Crippen LogP contribution in [0.25, 0.3) is 0 Å². The van der Waals surface area contributed by atoms with Gasteiger partial charge in [-0.15, -0.1) is 0 Å². The second-order valence-corrected chi connectivity index (χ2v) is 16.2. The Morgan fingerprint density at radius 3 is 0.896 bits per heavy atom. The lowest BCUT2D eigenvalue weighted by molar-refractivity contribution is 0.0781. The van der Waals surface area contributed by atoms with Crippen LogP contribution in [0.4, 0.5) is 0 Å². The summed E-state index contributed by atoms with van der Waals surface area (Å²) in [5.41, 5.74) is 26.4. The Bertz CT molecular complexity index is 2130. The summed E-state index contributed by atoms with van der Waals surface area (Å²) < 4.78 is 20.5. The number of benzene rings is 3. The van der Waals surface area contributed by atoms with Crippen molar-refractivity contribution in [3.63, 3.8) is 0 Å². The van der Waals surface area contributed by atoms with Gasteiger partial charge in [-0.3, -0.25) is 0 Å². The summed E-state index contributed by atoms with van der Waals surface area (Å²) in [7, 11) is 0. The first kappa shape index (κ1) is 25.0. The van der Waals surface area contributed by atoms with Gasteiger partial charge in [0, 0.05) is 11.3 Å². The van der Waals surface area contributed by atoms with Crippen molar-refractivity contribution in [3.8, 4) is 0 Å². The number of rotatable bonds is 0. The molecule has 232 valence electrons. The maximum absolute atomic E-state index is 6.83. The molecule has 6 heterocycles. The van der Waals surface area contributed by atoms with Crippen LogP contribution >= 0.6 is 0 Å². The van der Waals surface area contributed by atoms with E-state index >= 15 is 0 Å².